The van der Waals surface area contributed by atoms with Gasteiger partial charge in [-0.2, -0.15) is 16.8 Å². The average molecular weight is 431 g/mol. The molecule has 28 heavy (non-hydrogen) atoms. The highest BCUT2D eigenvalue weighted by Gasteiger charge is 2.38. The van der Waals surface area contributed by atoms with Crippen LogP contribution in [0.1, 0.15) is 35.1 Å². The van der Waals surface area contributed by atoms with Crippen molar-refractivity contribution in [3.63, 3.8) is 0 Å². The van der Waals surface area contributed by atoms with Gasteiger partial charge in [0.15, 0.2) is 0 Å². The van der Waals surface area contributed by atoms with Crippen LogP contribution in [0.4, 0.5) is 0 Å². The van der Waals surface area contributed by atoms with Gasteiger partial charge in [0.2, 0.25) is 0 Å². The van der Waals surface area contributed by atoms with Crippen molar-refractivity contribution in [2.75, 3.05) is 6.61 Å². The molecule has 0 aliphatic carbocycles. The van der Waals surface area contributed by atoms with Crippen molar-refractivity contribution in [1.29, 1.82) is 0 Å². The van der Waals surface area contributed by atoms with Gasteiger partial charge in [0, 0.05) is 12.2 Å². The molecule has 0 fully saturated rings. The van der Waals surface area contributed by atoms with Gasteiger partial charge in [0.1, 0.15) is 10.5 Å². The first-order chi connectivity index (χ1) is 12.8. The van der Waals surface area contributed by atoms with Gasteiger partial charge in [0.25, 0.3) is 20.2 Å². The van der Waals surface area contributed by atoms with E-state index in [0.29, 0.717) is 11.1 Å². The summed E-state index contributed by atoms with van der Waals surface area (Å²) in [4.78, 5) is -1.01. The minimum absolute atomic E-state index is 0.0339. The maximum absolute atomic E-state index is 11.9. The SMILES string of the molecule is Cc1ccc(S(=O)(=O)O)c(C(O)(CCCO)c2cc(S(=O)(=O)O)ccc2C)c1. The molecule has 2 aromatic carbocycles. The predicted octanol–water partition coefficient (Wildman–Crippen LogP) is 1.81. The molecule has 0 spiro atoms. The van der Waals surface area contributed by atoms with Gasteiger partial charge in [-0.25, -0.2) is 0 Å². The van der Waals surface area contributed by atoms with Gasteiger partial charge in [-0.1, -0.05) is 23.8 Å². The van der Waals surface area contributed by atoms with Crippen molar-refractivity contribution in [3.8, 4) is 0 Å². The molecule has 0 radical (unpaired) electrons. The zero-order chi connectivity index (χ0) is 21.3. The molecule has 0 aliphatic heterocycles. The van der Waals surface area contributed by atoms with E-state index in [4.69, 9.17) is 0 Å². The Morgan fingerprint density at radius 1 is 0.893 bits per heavy atom. The summed E-state index contributed by atoms with van der Waals surface area (Å²) >= 11 is 0. The number of rotatable bonds is 7. The fourth-order valence-electron chi connectivity index (χ4n) is 3.15. The average Bonchev–Trinajstić information content (AvgIpc) is 2.57. The van der Waals surface area contributed by atoms with Crippen LogP contribution in [0.5, 0.6) is 0 Å². The minimum Gasteiger partial charge on any atom is -0.396 e. The second-order valence-electron chi connectivity index (χ2n) is 6.61. The highest BCUT2D eigenvalue weighted by atomic mass is 32.2. The monoisotopic (exact) mass is 430 g/mol. The largest absolute Gasteiger partial charge is 0.396 e. The van der Waals surface area contributed by atoms with Crippen LogP contribution in [0.15, 0.2) is 46.2 Å². The fraction of sp³-hybridized carbons (Fsp3) is 0.333. The third-order valence-electron chi connectivity index (χ3n) is 4.51. The molecular weight excluding hydrogens is 408 g/mol. The molecule has 1 atom stereocenters. The van der Waals surface area contributed by atoms with E-state index >= 15 is 0 Å². The van der Waals surface area contributed by atoms with Crippen molar-refractivity contribution in [2.24, 2.45) is 0 Å². The van der Waals surface area contributed by atoms with Gasteiger partial charge >= 0.3 is 0 Å². The van der Waals surface area contributed by atoms with Crippen LogP contribution >= 0.6 is 0 Å². The molecule has 4 N–H and O–H groups in total. The predicted molar refractivity (Wildman–Crippen MR) is 101 cm³/mol. The Labute approximate surface area is 164 Å². The lowest BCUT2D eigenvalue weighted by Gasteiger charge is -2.32. The van der Waals surface area contributed by atoms with Gasteiger partial charge in [-0.15, -0.1) is 0 Å². The fourth-order valence-corrected chi connectivity index (χ4v) is 4.40. The van der Waals surface area contributed by atoms with E-state index in [0.717, 1.165) is 18.2 Å². The maximum Gasteiger partial charge on any atom is 0.294 e. The Morgan fingerprint density at radius 3 is 2.07 bits per heavy atom. The molecule has 8 nitrogen and oxygen atoms in total. The molecule has 0 bridgehead atoms. The maximum atomic E-state index is 11.9. The van der Waals surface area contributed by atoms with E-state index in [1.54, 1.807) is 13.8 Å². The normalized spacial score (nSPS) is 14.6. The Balaban J connectivity index is 2.90. The van der Waals surface area contributed by atoms with E-state index < -0.39 is 35.6 Å². The van der Waals surface area contributed by atoms with E-state index in [2.05, 4.69) is 0 Å². The summed E-state index contributed by atoms with van der Waals surface area (Å²) in [7, 11) is -9.29. The summed E-state index contributed by atoms with van der Waals surface area (Å²) in [6, 6.07) is 7.54. The summed E-state index contributed by atoms with van der Waals surface area (Å²) < 4.78 is 65.9. The van der Waals surface area contributed by atoms with Crippen molar-refractivity contribution < 1.29 is 36.2 Å². The molecule has 0 saturated heterocycles. The highest BCUT2D eigenvalue weighted by molar-refractivity contribution is 7.86. The van der Waals surface area contributed by atoms with Crippen molar-refractivity contribution in [3.05, 3.63) is 58.7 Å². The number of benzene rings is 2. The van der Waals surface area contributed by atoms with Crippen LogP contribution in [-0.4, -0.2) is 42.8 Å². The number of aliphatic hydroxyl groups excluding tert-OH is 1. The quantitative estimate of drug-likeness (QED) is 0.486. The Morgan fingerprint density at radius 2 is 1.54 bits per heavy atom. The summed E-state index contributed by atoms with van der Waals surface area (Å²) in [5.41, 5.74) is -1.15. The van der Waals surface area contributed by atoms with Crippen molar-refractivity contribution >= 4 is 20.2 Å². The van der Waals surface area contributed by atoms with E-state index in [1.807, 2.05) is 0 Å². The van der Waals surface area contributed by atoms with Crippen LogP contribution in [0, 0.1) is 13.8 Å². The molecule has 2 rings (SSSR count). The van der Waals surface area contributed by atoms with Gasteiger partial charge in [-0.05, 0) is 56.0 Å². The number of hydrogen-bond donors (Lipinski definition) is 4. The lowest BCUT2D eigenvalue weighted by atomic mass is 9.80. The molecular formula is C18H22O8S2. The van der Waals surface area contributed by atoms with E-state index in [1.165, 1.54) is 18.2 Å². The van der Waals surface area contributed by atoms with Crippen LogP contribution in [0.25, 0.3) is 0 Å². The highest BCUT2D eigenvalue weighted by Crippen LogP contribution is 2.40. The lowest BCUT2D eigenvalue weighted by Crippen LogP contribution is -2.31. The summed E-state index contributed by atoms with van der Waals surface area (Å²) in [6.07, 6.45) is -0.101. The zero-order valence-corrected chi connectivity index (χ0v) is 17.0. The molecule has 0 heterocycles. The smallest absolute Gasteiger partial charge is 0.294 e. The van der Waals surface area contributed by atoms with Gasteiger partial charge in [-0.3, -0.25) is 9.11 Å². The lowest BCUT2D eigenvalue weighted by molar-refractivity contribution is 0.0587. The molecule has 0 aromatic heterocycles. The second kappa shape index (κ2) is 7.90. The molecule has 10 heteroatoms. The van der Waals surface area contributed by atoms with Gasteiger partial charge < -0.3 is 10.2 Å². The Kier molecular flexibility index (Phi) is 6.34. The summed E-state index contributed by atoms with van der Waals surface area (Å²) in [5, 5.41) is 20.8. The number of hydrogen-bond acceptors (Lipinski definition) is 6. The molecule has 1 unspecified atom stereocenters. The molecule has 0 aliphatic rings. The van der Waals surface area contributed by atoms with Crippen LogP contribution in [0.2, 0.25) is 0 Å². The van der Waals surface area contributed by atoms with Crippen LogP contribution in [0.3, 0.4) is 0 Å². The first-order valence-electron chi connectivity index (χ1n) is 8.31. The van der Waals surface area contributed by atoms with Crippen molar-refractivity contribution in [1.82, 2.24) is 0 Å². The van der Waals surface area contributed by atoms with Crippen molar-refractivity contribution in [2.45, 2.75) is 42.1 Å². The third kappa shape index (κ3) is 4.59. The van der Waals surface area contributed by atoms with E-state index in [-0.39, 0.29) is 30.6 Å². The second-order valence-corrected chi connectivity index (χ2v) is 9.43. The van der Waals surface area contributed by atoms with Gasteiger partial charge in [0.05, 0.1) is 4.90 Å². The Bertz CT molecular complexity index is 1090. The first-order valence-corrected chi connectivity index (χ1v) is 11.2. The van der Waals surface area contributed by atoms with Crippen LogP contribution < -0.4 is 0 Å². The first kappa shape index (κ1) is 22.5. The standard InChI is InChI=1S/C18H22O8S2/c1-12-4-7-17(28(24,25)26)16(10-12)18(20,8-3-9-19)15-11-14(27(21,22)23)6-5-13(15)2/h4-7,10-11,19-20H,3,8-9H2,1-2H3,(H,21,22,23)(H,24,25,26). The molecule has 0 amide bonds. The molecule has 0 saturated carbocycles. The minimum atomic E-state index is -4.71. The Hall–Kier alpha value is -1.82. The van der Waals surface area contributed by atoms with Crippen LogP contribution in [-0.2, 0) is 25.8 Å². The topological polar surface area (TPSA) is 149 Å². The third-order valence-corrected chi connectivity index (χ3v) is 6.27. The molecule has 154 valence electrons. The summed E-state index contributed by atoms with van der Waals surface area (Å²) in [6.45, 7) is 2.92. The number of aliphatic hydroxyl groups is 2. The number of aryl methyl sites for hydroxylation is 2. The molecule has 2 aromatic rings. The van der Waals surface area contributed by atoms with E-state index in [9.17, 15) is 36.2 Å². The summed E-state index contributed by atoms with van der Waals surface area (Å²) in [5.74, 6) is 0. The zero-order valence-electron chi connectivity index (χ0n) is 15.3.